The summed E-state index contributed by atoms with van der Waals surface area (Å²) in [7, 11) is 0. The molecule has 0 amide bonds. The predicted molar refractivity (Wildman–Crippen MR) is 150 cm³/mol. The second-order valence-corrected chi connectivity index (χ2v) is 10.1. The van der Waals surface area contributed by atoms with E-state index in [-0.39, 0.29) is 16.5 Å². The fourth-order valence-electron chi connectivity index (χ4n) is 3.83. The van der Waals surface area contributed by atoms with Crippen LogP contribution in [0.15, 0.2) is 85.2 Å². The first-order valence-electron chi connectivity index (χ1n) is 12.5. The topological polar surface area (TPSA) is 78.7 Å². The third-order valence-corrected chi connectivity index (χ3v) is 6.29. The Morgan fingerprint density at radius 1 is 0.875 bits per heavy atom. The zero-order valence-corrected chi connectivity index (χ0v) is 23.1. The van der Waals surface area contributed by atoms with Gasteiger partial charge in [-0.2, -0.15) is 0 Å². The van der Waals surface area contributed by atoms with Crippen molar-refractivity contribution in [1.29, 1.82) is 0 Å². The van der Waals surface area contributed by atoms with Crippen molar-refractivity contribution < 1.29 is 28.1 Å². The number of rotatable bonds is 8. The zero-order valence-electron chi connectivity index (χ0n) is 22.4. The lowest BCUT2D eigenvalue weighted by atomic mass is 9.84. The maximum atomic E-state index is 12.5. The van der Waals surface area contributed by atoms with E-state index in [2.05, 4.69) is 14.7 Å². The van der Waals surface area contributed by atoms with Gasteiger partial charge in [-0.05, 0) is 59.5 Å². The van der Waals surface area contributed by atoms with Gasteiger partial charge in [0.1, 0.15) is 17.2 Å². The van der Waals surface area contributed by atoms with Crippen LogP contribution < -0.4 is 9.64 Å². The van der Waals surface area contributed by atoms with Gasteiger partial charge in [0, 0.05) is 30.9 Å². The molecule has 10 heteroatoms. The molecule has 6 nitrogen and oxygen atoms in total. The van der Waals surface area contributed by atoms with Crippen molar-refractivity contribution in [2.45, 2.75) is 45.5 Å². The summed E-state index contributed by atoms with van der Waals surface area (Å²) in [5.41, 5.74) is 2.27. The molecule has 0 aliphatic carbocycles. The number of halogens is 4. The minimum Gasteiger partial charge on any atom is -0.508 e. The summed E-state index contributed by atoms with van der Waals surface area (Å²) < 4.78 is 41.4. The summed E-state index contributed by atoms with van der Waals surface area (Å²) in [5.74, 6) is 0.552. The SMILES string of the molecule is CCc1cnc(N(Cc2ccc(OC(F)(F)F)cc2)CC(C)(C)c2ccc(O)c(Cl)c2)nc1.Oc1ccccc1. The number of hydrogen-bond donors (Lipinski definition) is 2. The van der Waals surface area contributed by atoms with Crippen LogP contribution in [0.5, 0.6) is 17.2 Å². The van der Waals surface area contributed by atoms with Gasteiger partial charge in [-0.1, -0.05) is 68.8 Å². The van der Waals surface area contributed by atoms with Crippen molar-refractivity contribution in [3.63, 3.8) is 0 Å². The average Bonchev–Trinajstić information content (AvgIpc) is 2.91. The smallest absolute Gasteiger partial charge is 0.508 e. The second kappa shape index (κ2) is 13.4. The highest BCUT2D eigenvalue weighted by molar-refractivity contribution is 6.32. The summed E-state index contributed by atoms with van der Waals surface area (Å²) in [6.45, 7) is 6.93. The Balaban J connectivity index is 0.000000547. The fraction of sp³-hybridized carbons (Fsp3) is 0.267. The molecule has 1 heterocycles. The van der Waals surface area contributed by atoms with E-state index < -0.39 is 11.8 Å². The van der Waals surface area contributed by atoms with Crippen molar-refractivity contribution in [3.05, 3.63) is 107 Å². The highest BCUT2D eigenvalue weighted by Gasteiger charge is 2.31. The Labute approximate surface area is 236 Å². The number of nitrogens with zero attached hydrogens (tertiary/aromatic N) is 3. The van der Waals surface area contributed by atoms with E-state index >= 15 is 0 Å². The molecule has 0 aliphatic heterocycles. The summed E-state index contributed by atoms with van der Waals surface area (Å²) in [6, 6.07) is 19.5. The van der Waals surface area contributed by atoms with Crippen LogP contribution in [-0.2, 0) is 18.4 Å². The molecular formula is C30H31ClF3N3O3. The number of phenolic OH excluding ortho intramolecular Hbond substituents is 2. The van der Waals surface area contributed by atoms with Crippen LogP contribution in [0.1, 0.15) is 37.5 Å². The van der Waals surface area contributed by atoms with Crippen molar-refractivity contribution >= 4 is 17.5 Å². The summed E-state index contributed by atoms with van der Waals surface area (Å²) in [4.78, 5) is 11.0. The number of anilines is 1. The summed E-state index contributed by atoms with van der Waals surface area (Å²) in [6.07, 6.45) is -0.406. The predicted octanol–water partition coefficient (Wildman–Crippen LogP) is 7.67. The van der Waals surface area contributed by atoms with E-state index in [1.165, 1.54) is 12.1 Å². The van der Waals surface area contributed by atoms with Crippen LogP contribution in [-0.4, -0.2) is 33.1 Å². The number of aryl methyl sites for hydroxylation is 1. The molecule has 0 radical (unpaired) electrons. The van der Waals surface area contributed by atoms with Gasteiger partial charge in [0.25, 0.3) is 0 Å². The lowest BCUT2D eigenvalue weighted by Crippen LogP contribution is -2.37. The van der Waals surface area contributed by atoms with Crippen LogP contribution >= 0.6 is 11.6 Å². The lowest BCUT2D eigenvalue weighted by molar-refractivity contribution is -0.274. The van der Waals surface area contributed by atoms with E-state index in [1.807, 2.05) is 37.8 Å². The van der Waals surface area contributed by atoms with Crippen LogP contribution in [0.3, 0.4) is 0 Å². The molecule has 212 valence electrons. The molecule has 0 bridgehead atoms. The van der Waals surface area contributed by atoms with Gasteiger partial charge in [0.15, 0.2) is 0 Å². The Morgan fingerprint density at radius 2 is 1.50 bits per heavy atom. The second-order valence-electron chi connectivity index (χ2n) is 9.68. The Morgan fingerprint density at radius 3 is 2.00 bits per heavy atom. The fourth-order valence-corrected chi connectivity index (χ4v) is 4.01. The van der Waals surface area contributed by atoms with Gasteiger partial charge in [-0.15, -0.1) is 13.2 Å². The van der Waals surface area contributed by atoms with Crippen LogP contribution in [0.4, 0.5) is 19.1 Å². The van der Waals surface area contributed by atoms with E-state index in [4.69, 9.17) is 16.7 Å². The van der Waals surface area contributed by atoms with E-state index in [0.717, 1.165) is 23.1 Å². The van der Waals surface area contributed by atoms with Gasteiger partial charge in [-0.3, -0.25) is 0 Å². The zero-order chi connectivity index (χ0) is 29.3. The van der Waals surface area contributed by atoms with Gasteiger partial charge in [0.05, 0.1) is 5.02 Å². The van der Waals surface area contributed by atoms with Crippen LogP contribution in [0.2, 0.25) is 5.02 Å². The molecule has 0 saturated carbocycles. The summed E-state index contributed by atoms with van der Waals surface area (Å²) >= 11 is 6.12. The Hall–Kier alpha value is -3.98. The standard InChI is InChI=1S/C24H25ClF3N3O2.C6H6O/c1-4-16-12-29-22(30-13-16)31(14-17-5-8-19(9-6-17)33-24(26,27)28)15-23(2,3)18-7-10-21(32)20(25)11-18;7-6-4-2-1-3-5-6/h5-13,32H,4,14-15H2,1-3H3;1-5,7H. The first kappa shape index (κ1) is 30.6. The molecule has 0 spiro atoms. The van der Waals surface area contributed by atoms with Crippen molar-refractivity contribution in [2.75, 3.05) is 11.4 Å². The molecule has 2 N–H and O–H groups in total. The maximum absolute atomic E-state index is 12.5. The quantitative estimate of drug-likeness (QED) is 0.225. The van der Waals surface area contributed by atoms with E-state index in [9.17, 15) is 18.3 Å². The molecule has 0 saturated heterocycles. The average molecular weight is 574 g/mol. The molecule has 0 aliphatic rings. The normalized spacial score (nSPS) is 11.4. The van der Waals surface area contributed by atoms with Crippen molar-refractivity contribution in [3.8, 4) is 17.2 Å². The molecule has 3 aromatic carbocycles. The molecular weight excluding hydrogens is 543 g/mol. The highest BCUT2D eigenvalue weighted by Crippen LogP contribution is 2.32. The molecule has 0 unspecified atom stereocenters. The first-order valence-corrected chi connectivity index (χ1v) is 12.9. The molecule has 0 atom stereocenters. The number of benzene rings is 3. The van der Waals surface area contributed by atoms with Gasteiger partial charge >= 0.3 is 6.36 Å². The molecule has 40 heavy (non-hydrogen) atoms. The summed E-state index contributed by atoms with van der Waals surface area (Å²) in [5, 5.41) is 18.7. The highest BCUT2D eigenvalue weighted by atomic mass is 35.5. The number of phenols is 2. The first-order chi connectivity index (χ1) is 18.9. The van der Waals surface area contributed by atoms with Gasteiger partial charge in [0.2, 0.25) is 5.95 Å². The Kier molecular flexibility index (Phi) is 10.2. The molecule has 4 aromatic rings. The minimum atomic E-state index is -4.74. The largest absolute Gasteiger partial charge is 0.573 e. The third-order valence-electron chi connectivity index (χ3n) is 5.98. The van der Waals surface area contributed by atoms with E-state index in [0.29, 0.717) is 24.8 Å². The number of aromatic hydroxyl groups is 2. The van der Waals surface area contributed by atoms with Crippen LogP contribution in [0, 0.1) is 0 Å². The monoisotopic (exact) mass is 573 g/mol. The third kappa shape index (κ3) is 9.34. The maximum Gasteiger partial charge on any atom is 0.573 e. The number of alkyl halides is 3. The number of aromatic nitrogens is 2. The Bertz CT molecular complexity index is 1350. The molecule has 4 rings (SSSR count). The molecule has 1 aromatic heterocycles. The number of hydrogen-bond acceptors (Lipinski definition) is 6. The lowest BCUT2D eigenvalue weighted by Gasteiger charge is -2.33. The van der Waals surface area contributed by atoms with Crippen molar-refractivity contribution in [2.24, 2.45) is 0 Å². The molecule has 0 fully saturated rings. The minimum absolute atomic E-state index is 0.00715. The van der Waals surface area contributed by atoms with Gasteiger partial charge in [-0.25, -0.2) is 9.97 Å². The van der Waals surface area contributed by atoms with E-state index in [1.54, 1.807) is 60.9 Å². The van der Waals surface area contributed by atoms with Crippen LogP contribution in [0.25, 0.3) is 0 Å². The number of ether oxygens (including phenoxy) is 1. The van der Waals surface area contributed by atoms with Crippen molar-refractivity contribution in [1.82, 2.24) is 9.97 Å². The number of para-hydroxylation sites is 1. The van der Waals surface area contributed by atoms with Gasteiger partial charge < -0.3 is 19.8 Å².